The Bertz CT molecular complexity index is 298. The van der Waals surface area contributed by atoms with Gasteiger partial charge in [-0.2, -0.15) is 0 Å². The van der Waals surface area contributed by atoms with Gasteiger partial charge in [-0.1, -0.05) is 71.6 Å². The van der Waals surface area contributed by atoms with Gasteiger partial charge in [-0.3, -0.25) is 9.59 Å². The standard InChI is InChI=1S/C17H32O4/c1-4-5-6-7-8-9-10-11-12-13-14(2)17(3,15(18)19)16(20)21/h14H,4-13H2,1-3H3,(H,18,19)(H,20,21). The molecule has 4 nitrogen and oxygen atoms in total. The van der Waals surface area contributed by atoms with Crippen LogP contribution in [-0.4, -0.2) is 22.2 Å². The number of carbonyl (C=O) groups is 2. The molecule has 0 radical (unpaired) electrons. The Morgan fingerprint density at radius 2 is 1.24 bits per heavy atom. The van der Waals surface area contributed by atoms with Gasteiger partial charge in [0.05, 0.1) is 0 Å². The molecule has 124 valence electrons. The zero-order valence-corrected chi connectivity index (χ0v) is 13.9. The Hall–Kier alpha value is -1.06. The van der Waals surface area contributed by atoms with Crippen LogP contribution in [0.15, 0.2) is 0 Å². The molecule has 2 N–H and O–H groups in total. The average molecular weight is 300 g/mol. The second-order valence-electron chi connectivity index (χ2n) is 6.33. The predicted molar refractivity (Wildman–Crippen MR) is 84.4 cm³/mol. The summed E-state index contributed by atoms with van der Waals surface area (Å²) in [5, 5.41) is 18.3. The highest BCUT2D eigenvalue weighted by molar-refractivity contribution is 5.98. The summed E-state index contributed by atoms with van der Waals surface area (Å²) >= 11 is 0. The number of hydrogen-bond donors (Lipinski definition) is 2. The quantitative estimate of drug-likeness (QED) is 0.381. The molecule has 1 atom stereocenters. The van der Waals surface area contributed by atoms with Crippen molar-refractivity contribution in [2.45, 2.75) is 85.0 Å². The van der Waals surface area contributed by atoms with Gasteiger partial charge in [0.15, 0.2) is 5.41 Å². The summed E-state index contributed by atoms with van der Waals surface area (Å²) in [6.45, 7) is 5.26. The highest BCUT2D eigenvalue weighted by Crippen LogP contribution is 2.32. The Kier molecular flexibility index (Phi) is 10.1. The van der Waals surface area contributed by atoms with E-state index in [0.29, 0.717) is 6.42 Å². The lowest BCUT2D eigenvalue weighted by atomic mass is 9.75. The van der Waals surface area contributed by atoms with Gasteiger partial charge < -0.3 is 10.2 Å². The maximum absolute atomic E-state index is 11.2. The van der Waals surface area contributed by atoms with Crippen LogP contribution in [0.2, 0.25) is 0 Å². The molecular formula is C17H32O4. The minimum Gasteiger partial charge on any atom is -0.480 e. The summed E-state index contributed by atoms with van der Waals surface area (Å²) in [6.07, 6.45) is 11.5. The third kappa shape index (κ3) is 6.96. The Morgan fingerprint density at radius 1 is 0.857 bits per heavy atom. The average Bonchev–Trinajstić information content (AvgIpc) is 2.43. The molecule has 4 heteroatoms. The van der Waals surface area contributed by atoms with Gasteiger partial charge >= 0.3 is 11.9 Å². The third-order valence-electron chi connectivity index (χ3n) is 4.61. The van der Waals surface area contributed by atoms with Gasteiger partial charge in [0, 0.05) is 0 Å². The van der Waals surface area contributed by atoms with Crippen molar-refractivity contribution in [2.24, 2.45) is 11.3 Å². The molecule has 0 aliphatic carbocycles. The molecule has 0 amide bonds. The Balaban J connectivity index is 3.81. The Morgan fingerprint density at radius 3 is 1.62 bits per heavy atom. The molecule has 0 saturated heterocycles. The van der Waals surface area contributed by atoms with Crippen molar-refractivity contribution in [3.05, 3.63) is 0 Å². The molecule has 0 bridgehead atoms. The summed E-state index contributed by atoms with van der Waals surface area (Å²) in [5.41, 5.74) is -1.67. The first-order chi connectivity index (χ1) is 9.87. The van der Waals surface area contributed by atoms with E-state index in [0.717, 1.165) is 19.3 Å². The van der Waals surface area contributed by atoms with Gasteiger partial charge in [0.25, 0.3) is 0 Å². The number of carboxylic acids is 2. The number of hydrogen-bond acceptors (Lipinski definition) is 2. The highest BCUT2D eigenvalue weighted by Gasteiger charge is 2.46. The van der Waals surface area contributed by atoms with Crippen LogP contribution in [0.25, 0.3) is 0 Å². The fourth-order valence-corrected chi connectivity index (χ4v) is 2.56. The number of carboxylic acid groups (broad SMARTS) is 2. The van der Waals surface area contributed by atoms with Gasteiger partial charge in [0.1, 0.15) is 0 Å². The zero-order chi connectivity index (χ0) is 16.3. The van der Waals surface area contributed by atoms with E-state index < -0.39 is 17.4 Å². The van der Waals surface area contributed by atoms with E-state index in [2.05, 4.69) is 6.92 Å². The third-order valence-corrected chi connectivity index (χ3v) is 4.61. The van der Waals surface area contributed by atoms with E-state index in [-0.39, 0.29) is 5.92 Å². The number of rotatable bonds is 13. The molecular weight excluding hydrogens is 268 g/mol. The van der Waals surface area contributed by atoms with E-state index in [1.807, 2.05) is 0 Å². The van der Waals surface area contributed by atoms with Gasteiger partial charge in [-0.25, -0.2) is 0 Å². The largest absolute Gasteiger partial charge is 0.480 e. The van der Waals surface area contributed by atoms with Crippen molar-refractivity contribution in [1.29, 1.82) is 0 Å². The van der Waals surface area contributed by atoms with Crippen LogP contribution in [0.3, 0.4) is 0 Å². The topological polar surface area (TPSA) is 74.6 Å². The highest BCUT2D eigenvalue weighted by atomic mass is 16.4. The summed E-state index contributed by atoms with van der Waals surface area (Å²) in [4.78, 5) is 22.4. The fourth-order valence-electron chi connectivity index (χ4n) is 2.56. The number of unbranched alkanes of at least 4 members (excludes halogenated alkanes) is 8. The molecule has 0 saturated carbocycles. The van der Waals surface area contributed by atoms with Crippen molar-refractivity contribution in [3.63, 3.8) is 0 Å². The predicted octanol–water partition coefficient (Wildman–Crippen LogP) is 4.72. The molecule has 0 aromatic rings. The maximum atomic E-state index is 11.2. The fraction of sp³-hybridized carbons (Fsp3) is 0.882. The lowest BCUT2D eigenvalue weighted by Gasteiger charge is -2.27. The van der Waals surface area contributed by atoms with Crippen molar-refractivity contribution >= 4 is 11.9 Å². The van der Waals surface area contributed by atoms with Crippen LogP contribution in [0.1, 0.15) is 85.0 Å². The van der Waals surface area contributed by atoms with E-state index in [1.54, 1.807) is 6.92 Å². The minimum absolute atomic E-state index is 0.350. The van der Waals surface area contributed by atoms with Crippen LogP contribution in [0, 0.1) is 11.3 Å². The van der Waals surface area contributed by atoms with Crippen molar-refractivity contribution in [2.75, 3.05) is 0 Å². The first-order valence-electron chi connectivity index (χ1n) is 8.34. The summed E-state index contributed by atoms with van der Waals surface area (Å²) in [7, 11) is 0. The van der Waals surface area contributed by atoms with Gasteiger partial charge in [-0.05, 0) is 19.3 Å². The monoisotopic (exact) mass is 300 g/mol. The second-order valence-corrected chi connectivity index (χ2v) is 6.33. The first-order valence-corrected chi connectivity index (χ1v) is 8.34. The summed E-state index contributed by atoms with van der Waals surface area (Å²) in [6, 6.07) is 0. The van der Waals surface area contributed by atoms with E-state index in [1.165, 1.54) is 45.4 Å². The van der Waals surface area contributed by atoms with E-state index >= 15 is 0 Å². The molecule has 0 rings (SSSR count). The molecule has 0 aliphatic heterocycles. The zero-order valence-electron chi connectivity index (χ0n) is 13.9. The smallest absolute Gasteiger partial charge is 0.321 e. The summed E-state index contributed by atoms with van der Waals surface area (Å²) in [5.74, 6) is -2.83. The van der Waals surface area contributed by atoms with E-state index in [9.17, 15) is 9.59 Å². The van der Waals surface area contributed by atoms with Crippen LogP contribution < -0.4 is 0 Å². The molecule has 0 spiro atoms. The maximum Gasteiger partial charge on any atom is 0.321 e. The second kappa shape index (κ2) is 10.6. The molecule has 0 heterocycles. The molecule has 0 aromatic carbocycles. The minimum atomic E-state index is -1.67. The molecule has 0 aromatic heterocycles. The van der Waals surface area contributed by atoms with Crippen LogP contribution >= 0.6 is 0 Å². The lowest BCUT2D eigenvalue weighted by molar-refractivity contribution is -0.167. The molecule has 0 aliphatic rings. The first kappa shape index (κ1) is 19.9. The van der Waals surface area contributed by atoms with Gasteiger partial charge in [-0.15, -0.1) is 0 Å². The van der Waals surface area contributed by atoms with E-state index in [4.69, 9.17) is 10.2 Å². The van der Waals surface area contributed by atoms with Crippen molar-refractivity contribution < 1.29 is 19.8 Å². The Labute approximate surface area is 128 Å². The van der Waals surface area contributed by atoms with Crippen LogP contribution in [0.5, 0.6) is 0 Å². The van der Waals surface area contributed by atoms with Crippen molar-refractivity contribution in [3.8, 4) is 0 Å². The summed E-state index contributed by atoms with van der Waals surface area (Å²) < 4.78 is 0. The number of aliphatic carboxylic acids is 2. The SMILES string of the molecule is CCCCCCCCCCCC(C)C(C)(C(=O)O)C(=O)O. The normalized spacial score (nSPS) is 13.1. The van der Waals surface area contributed by atoms with Crippen LogP contribution in [0.4, 0.5) is 0 Å². The molecule has 1 unspecified atom stereocenters. The lowest BCUT2D eigenvalue weighted by Crippen LogP contribution is -2.42. The van der Waals surface area contributed by atoms with Crippen LogP contribution in [-0.2, 0) is 9.59 Å². The molecule has 21 heavy (non-hydrogen) atoms. The molecule has 0 fully saturated rings. The van der Waals surface area contributed by atoms with Crippen molar-refractivity contribution in [1.82, 2.24) is 0 Å². The van der Waals surface area contributed by atoms with Gasteiger partial charge in [0.2, 0.25) is 0 Å².